The third-order valence-electron chi connectivity index (χ3n) is 2.51. The Hall–Kier alpha value is -0.570. The summed E-state index contributed by atoms with van der Waals surface area (Å²) < 4.78 is 0. The van der Waals surface area contributed by atoms with E-state index in [1.807, 2.05) is 19.2 Å². The molecule has 0 bridgehead atoms. The predicted octanol–water partition coefficient (Wildman–Crippen LogP) is 1.29. The number of likely N-dealkylation sites (N-methyl/N-ethyl adjacent to an activating group) is 1. The van der Waals surface area contributed by atoms with Gasteiger partial charge in [0.2, 0.25) is 0 Å². The Kier molecular flexibility index (Phi) is 3.31. The van der Waals surface area contributed by atoms with Crippen LogP contribution >= 0.6 is 12.4 Å². The number of hydrogen-bond acceptors (Lipinski definition) is 2. The second kappa shape index (κ2) is 4.09. The summed E-state index contributed by atoms with van der Waals surface area (Å²) in [7, 11) is 1.88. The number of aliphatic hydroxyl groups is 1. The van der Waals surface area contributed by atoms with E-state index < -0.39 is 0 Å². The molecule has 0 heterocycles. The van der Waals surface area contributed by atoms with Gasteiger partial charge in [0.15, 0.2) is 0 Å². The first-order valence-electron chi connectivity index (χ1n) is 4.26. The van der Waals surface area contributed by atoms with Gasteiger partial charge in [-0.15, -0.1) is 12.4 Å². The van der Waals surface area contributed by atoms with Crippen LogP contribution in [0, 0.1) is 0 Å². The Labute approximate surface area is 84.4 Å². The number of hydrogen-bond donors (Lipinski definition) is 2. The van der Waals surface area contributed by atoms with Crippen molar-refractivity contribution in [1.82, 2.24) is 5.32 Å². The SMILES string of the molecule is CN[C@@H]1c2ccccc2C[C@@H]1O.Cl. The Morgan fingerprint density at radius 1 is 1.38 bits per heavy atom. The van der Waals surface area contributed by atoms with Crippen LogP contribution in [0.4, 0.5) is 0 Å². The predicted molar refractivity (Wildman–Crippen MR) is 55.2 cm³/mol. The lowest BCUT2D eigenvalue weighted by atomic mass is 10.1. The zero-order valence-electron chi connectivity index (χ0n) is 7.53. The lowest BCUT2D eigenvalue weighted by Crippen LogP contribution is -2.25. The number of fused-ring (bicyclic) bond motifs is 1. The van der Waals surface area contributed by atoms with Crippen LogP contribution in [0.15, 0.2) is 24.3 Å². The second-order valence-corrected chi connectivity index (χ2v) is 3.24. The van der Waals surface area contributed by atoms with Crippen molar-refractivity contribution in [2.75, 3.05) is 7.05 Å². The third kappa shape index (κ3) is 1.70. The van der Waals surface area contributed by atoms with Gasteiger partial charge in [-0.05, 0) is 18.2 Å². The molecule has 0 aromatic heterocycles. The van der Waals surface area contributed by atoms with Crippen molar-refractivity contribution in [1.29, 1.82) is 0 Å². The highest BCUT2D eigenvalue weighted by molar-refractivity contribution is 5.85. The molecule has 3 heteroatoms. The maximum atomic E-state index is 9.65. The molecule has 0 saturated carbocycles. The molecule has 13 heavy (non-hydrogen) atoms. The molecule has 72 valence electrons. The highest BCUT2D eigenvalue weighted by atomic mass is 35.5. The average molecular weight is 200 g/mol. The van der Waals surface area contributed by atoms with Crippen LogP contribution in [0.2, 0.25) is 0 Å². The van der Waals surface area contributed by atoms with Crippen LogP contribution < -0.4 is 5.32 Å². The second-order valence-electron chi connectivity index (χ2n) is 3.24. The largest absolute Gasteiger partial charge is 0.391 e. The highest BCUT2D eigenvalue weighted by Crippen LogP contribution is 2.30. The molecule has 0 saturated heterocycles. The number of benzene rings is 1. The van der Waals surface area contributed by atoms with E-state index in [1.165, 1.54) is 11.1 Å². The molecule has 0 fully saturated rings. The van der Waals surface area contributed by atoms with Gasteiger partial charge in [-0.25, -0.2) is 0 Å². The zero-order valence-corrected chi connectivity index (χ0v) is 8.34. The topological polar surface area (TPSA) is 32.3 Å². The fraction of sp³-hybridized carbons (Fsp3) is 0.400. The molecule has 0 amide bonds. The van der Waals surface area contributed by atoms with E-state index in [9.17, 15) is 5.11 Å². The van der Waals surface area contributed by atoms with E-state index in [2.05, 4.69) is 17.4 Å². The van der Waals surface area contributed by atoms with Crippen LogP contribution in [-0.2, 0) is 6.42 Å². The summed E-state index contributed by atoms with van der Waals surface area (Å²) in [5.74, 6) is 0. The first-order chi connectivity index (χ1) is 5.83. The van der Waals surface area contributed by atoms with Crippen LogP contribution in [-0.4, -0.2) is 18.3 Å². The van der Waals surface area contributed by atoms with E-state index in [0.717, 1.165) is 6.42 Å². The summed E-state index contributed by atoms with van der Waals surface area (Å²) in [6, 6.07) is 8.31. The monoisotopic (exact) mass is 199 g/mol. The van der Waals surface area contributed by atoms with E-state index in [1.54, 1.807) is 0 Å². The summed E-state index contributed by atoms with van der Waals surface area (Å²) in [5.41, 5.74) is 2.51. The number of aliphatic hydroxyl groups excluding tert-OH is 1. The minimum atomic E-state index is -0.257. The highest BCUT2D eigenvalue weighted by Gasteiger charge is 2.28. The lowest BCUT2D eigenvalue weighted by Gasteiger charge is -2.13. The van der Waals surface area contributed by atoms with Gasteiger partial charge in [0, 0.05) is 6.42 Å². The zero-order chi connectivity index (χ0) is 8.55. The van der Waals surface area contributed by atoms with Crippen LogP contribution in [0.5, 0.6) is 0 Å². The van der Waals surface area contributed by atoms with Crippen molar-refractivity contribution >= 4 is 12.4 Å². The van der Waals surface area contributed by atoms with E-state index in [0.29, 0.717) is 0 Å². The van der Waals surface area contributed by atoms with Crippen LogP contribution in [0.1, 0.15) is 17.2 Å². The fourth-order valence-corrected chi connectivity index (χ4v) is 1.92. The molecule has 1 aliphatic rings. The Morgan fingerprint density at radius 3 is 2.77 bits per heavy atom. The summed E-state index contributed by atoms with van der Waals surface area (Å²) in [6.45, 7) is 0. The van der Waals surface area contributed by atoms with Crippen molar-refractivity contribution in [3.8, 4) is 0 Å². The number of rotatable bonds is 1. The van der Waals surface area contributed by atoms with E-state index >= 15 is 0 Å². The molecular formula is C10H14ClNO. The minimum Gasteiger partial charge on any atom is -0.391 e. The molecule has 0 spiro atoms. The first kappa shape index (κ1) is 10.5. The Morgan fingerprint density at radius 2 is 2.08 bits per heavy atom. The van der Waals surface area contributed by atoms with Crippen LogP contribution in [0.3, 0.4) is 0 Å². The molecule has 1 aliphatic carbocycles. The van der Waals surface area contributed by atoms with Gasteiger partial charge in [0.1, 0.15) is 0 Å². The molecule has 2 rings (SSSR count). The number of nitrogens with one attached hydrogen (secondary N) is 1. The number of halogens is 1. The maximum Gasteiger partial charge on any atom is 0.0775 e. The molecule has 1 aromatic rings. The minimum absolute atomic E-state index is 0. The molecule has 0 unspecified atom stereocenters. The van der Waals surface area contributed by atoms with Gasteiger partial charge < -0.3 is 10.4 Å². The molecule has 2 N–H and O–H groups in total. The molecule has 0 radical (unpaired) electrons. The standard InChI is InChI=1S/C10H13NO.ClH/c1-11-10-8-5-3-2-4-7(8)6-9(10)12;/h2-5,9-12H,6H2,1H3;1H/t9-,10+;/m0./s1. The first-order valence-corrected chi connectivity index (χ1v) is 4.26. The quantitative estimate of drug-likeness (QED) is 0.715. The van der Waals surface area contributed by atoms with Crippen molar-refractivity contribution in [2.45, 2.75) is 18.6 Å². The molecule has 2 atom stereocenters. The van der Waals surface area contributed by atoms with Crippen molar-refractivity contribution in [3.63, 3.8) is 0 Å². The maximum absolute atomic E-state index is 9.65. The molecular weight excluding hydrogens is 186 g/mol. The third-order valence-corrected chi connectivity index (χ3v) is 2.51. The molecule has 0 aliphatic heterocycles. The smallest absolute Gasteiger partial charge is 0.0775 e. The van der Waals surface area contributed by atoms with Gasteiger partial charge in [0.05, 0.1) is 12.1 Å². The lowest BCUT2D eigenvalue weighted by molar-refractivity contribution is 0.145. The van der Waals surface area contributed by atoms with Crippen molar-refractivity contribution < 1.29 is 5.11 Å². The fourth-order valence-electron chi connectivity index (χ4n) is 1.92. The summed E-state index contributed by atoms with van der Waals surface area (Å²) in [6.07, 6.45) is 0.522. The van der Waals surface area contributed by atoms with E-state index in [4.69, 9.17) is 0 Å². The average Bonchev–Trinajstić information content (AvgIpc) is 2.40. The van der Waals surface area contributed by atoms with Gasteiger partial charge >= 0.3 is 0 Å². The van der Waals surface area contributed by atoms with Gasteiger partial charge in [0.25, 0.3) is 0 Å². The summed E-state index contributed by atoms with van der Waals surface area (Å²) >= 11 is 0. The Balaban J connectivity index is 0.000000845. The summed E-state index contributed by atoms with van der Waals surface area (Å²) in [5, 5.41) is 12.8. The summed E-state index contributed by atoms with van der Waals surface area (Å²) in [4.78, 5) is 0. The van der Waals surface area contributed by atoms with Gasteiger partial charge in [-0.2, -0.15) is 0 Å². The Bertz CT molecular complexity index is 290. The van der Waals surface area contributed by atoms with Crippen molar-refractivity contribution in [2.24, 2.45) is 0 Å². The van der Waals surface area contributed by atoms with E-state index in [-0.39, 0.29) is 24.6 Å². The normalized spacial score (nSPS) is 25.1. The van der Waals surface area contributed by atoms with Gasteiger partial charge in [-0.1, -0.05) is 24.3 Å². The van der Waals surface area contributed by atoms with Crippen LogP contribution in [0.25, 0.3) is 0 Å². The van der Waals surface area contributed by atoms with Gasteiger partial charge in [-0.3, -0.25) is 0 Å². The van der Waals surface area contributed by atoms with Crippen molar-refractivity contribution in [3.05, 3.63) is 35.4 Å². The molecule has 1 aromatic carbocycles. The molecule has 2 nitrogen and oxygen atoms in total.